The molecule has 0 N–H and O–H groups in total. The van der Waals surface area contributed by atoms with Crippen LogP contribution in [0.4, 0.5) is 0 Å². The van der Waals surface area contributed by atoms with Crippen molar-refractivity contribution in [2.75, 3.05) is 0 Å². The Hall–Kier alpha value is -0.650. The molecule has 2 heterocycles. The summed E-state index contributed by atoms with van der Waals surface area (Å²) >= 11 is 2.19. The molecule has 11 heavy (non-hydrogen) atoms. The Morgan fingerprint density at radius 2 is 2.36 bits per heavy atom. The normalized spacial score (nSPS) is 10.7. The van der Waals surface area contributed by atoms with Crippen molar-refractivity contribution in [2.24, 2.45) is 0 Å². The molecular weight excluding hydrogens is 253 g/mol. The predicted molar refractivity (Wildman–Crippen MR) is 50.4 cm³/mol. The second-order valence-corrected chi connectivity index (χ2v) is 3.39. The lowest BCUT2D eigenvalue weighted by Gasteiger charge is -1.97. The summed E-state index contributed by atoms with van der Waals surface area (Å²) < 4.78 is 2.95. The number of imidazole rings is 1. The van der Waals surface area contributed by atoms with Crippen molar-refractivity contribution in [1.82, 2.24) is 14.4 Å². The molecule has 0 atom stereocenters. The summed E-state index contributed by atoms with van der Waals surface area (Å²) in [6.45, 7) is 1.97. The van der Waals surface area contributed by atoms with Crippen molar-refractivity contribution < 1.29 is 0 Å². The first kappa shape index (κ1) is 7.02. The monoisotopic (exact) mass is 259 g/mol. The molecule has 3 nitrogen and oxygen atoms in total. The molecule has 0 aliphatic rings. The fourth-order valence-corrected chi connectivity index (χ4v) is 1.67. The number of nitrogens with zero attached hydrogens (tertiary/aromatic N) is 3. The Labute approximate surface area is 77.6 Å². The second kappa shape index (κ2) is 2.44. The highest BCUT2D eigenvalue weighted by atomic mass is 127. The SMILES string of the molecule is Cc1nc(I)cc2nccn12. The molecule has 2 aromatic heterocycles. The van der Waals surface area contributed by atoms with Crippen molar-refractivity contribution in [3.8, 4) is 0 Å². The van der Waals surface area contributed by atoms with E-state index in [4.69, 9.17) is 0 Å². The highest BCUT2D eigenvalue weighted by Gasteiger charge is 1.98. The highest BCUT2D eigenvalue weighted by Crippen LogP contribution is 2.07. The first-order valence-corrected chi connectivity index (χ1v) is 4.31. The summed E-state index contributed by atoms with van der Waals surface area (Å²) in [5.74, 6) is 0.976. The van der Waals surface area contributed by atoms with E-state index >= 15 is 0 Å². The predicted octanol–water partition coefficient (Wildman–Crippen LogP) is 1.64. The Bertz CT molecular complexity index is 393. The zero-order chi connectivity index (χ0) is 7.84. The van der Waals surface area contributed by atoms with Gasteiger partial charge in [0, 0.05) is 18.5 Å². The van der Waals surface area contributed by atoms with Gasteiger partial charge in [0.2, 0.25) is 0 Å². The van der Waals surface area contributed by atoms with Gasteiger partial charge >= 0.3 is 0 Å². The topological polar surface area (TPSA) is 30.2 Å². The lowest BCUT2D eigenvalue weighted by atomic mass is 10.5. The Kier molecular flexibility index (Phi) is 1.56. The lowest BCUT2D eigenvalue weighted by Crippen LogP contribution is -1.95. The molecule has 0 spiro atoms. The van der Waals surface area contributed by atoms with Crippen LogP contribution in [0.5, 0.6) is 0 Å². The Morgan fingerprint density at radius 1 is 1.55 bits per heavy atom. The van der Waals surface area contributed by atoms with Crippen LogP contribution in [-0.2, 0) is 0 Å². The van der Waals surface area contributed by atoms with E-state index < -0.39 is 0 Å². The van der Waals surface area contributed by atoms with Gasteiger partial charge in [-0.25, -0.2) is 9.97 Å². The van der Waals surface area contributed by atoms with E-state index in [9.17, 15) is 0 Å². The van der Waals surface area contributed by atoms with Gasteiger partial charge in [-0.3, -0.25) is 4.40 Å². The van der Waals surface area contributed by atoms with Crippen LogP contribution in [0, 0.1) is 10.6 Å². The molecule has 0 bridgehead atoms. The van der Waals surface area contributed by atoms with Gasteiger partial charge in [0.05, 0.1) is 0 Å². The Morgan fingerprint density at radius 3 is 3.18 bits per heavy atom. The Balaban J connectivity index is 2.91. The van der Waals surface area contributed by atoms with E-state index in [0.29, 0.717) is 0 Å². The lowest BCUT2D eigenvalue weighted by molar-refractivity contribution is 0.973. The minimum absolute atomic E-state index is 0.960. The van der Waals surface area contributed by atoms with Crippen LogP contribution in [0.3, 0.4) is 0 Å². The number of rotatable bonds is 0. The zero-order valence-corrected chi connectivity index (χ0v) is 8.11. The molecule has 0 aliphatic carbocycles. The number of hydrogen-bond donors (Lipinski definition) is 0. The van der Waals surface area contributed by atoms with Crippen LogP contribution in [0.1, 0.15) is 5.82 Å². The molecule has 0 aliphatic heterocycles. The number of aryl methyl sites for hydroxylation is 1. The summed E-state index contributed by atoms with van der Waals surface area (Å²) in [5, 5.41) is 0. The van der Waals surface area contributed by atoms with E-state index in [1.165, 1.54) is 0 Å². The number of hydrogen-bond acceptors (Lipinski definition) is 2. The van der Waals surface area contributed by atoms with E-state index in [1.54, 1.807) is 6.20 Å². The van der Waals surface area contributed by atoms with E-state index in [1.807, 2.05) is 23.6 Å². The van der Waals surface area contributed by atoms with Crippen molar-refractivity contribution in [3.05, 3.63) is 28.0 Å². The van der Waals surface area contributed by atoms with E-state index in [0.717, 1.165) is 15.2 Å². The van der Waals surface area contributed by atoms with E-state index in [2.05, 4.69) is 32.6 Å². The zero-order valence-electron chi connectivity index (χ0n) is 5.95. The van der Waals surface area contributed by atoms with Crippen LogP contribution in [0.25, 0.3) is 5.65 Å². The van der Waals surface area contributed by atoms with Crippen LogP contribution in [0.15, 0.2) is 18.5 Å². The molecule has 0 saturated carbocycles. The van der Waals surface area contributed by atoms with Crippen LogP contribution in [-0.4, -0.2) is 14.4 Å². The fraction of sp³-hybridized carbons (Fsp3) is 0.143. The molecule has 4 heteroatoms. The molecule has 2 rings (SSSR count). The highest BCUT2D eigenvalue weighted by molar-refractivity contribution is 14.1. The molecule has 0 saturated heterocycles. The van der Waals surface area contributed by atoms with Gasteiger partial charge in [0.25, 0.3) is 0 Å². The van der Waals surface area contributed by atoms with Crippen molar-refractivity contribution in [3.63, 3.8) is 0 Å². The average molecular weight is 259 g/mol. The minimum Gasteiger partial charge on any atom is -0.288 e. The molecule has 56 valence electrons. The average Bonchev–Trinajstić information content (AvgIpc) is 2.34. The molecule has 0 fully saturated rings. The molecule has 2 aromatic rings. The van der Waals surface area contributed by atoms with Crippen molar-refractivity contribution >= 4 is 28.2 Å². The van der Waals surface area contributed by atoms with Crippen LogP contribution in [0.2, 0.25) is 0 Å². The van der Waals surface area contributed by atoms with Gasteiger partial charge in [-0.1, -0.05) is 0 Å². The van der Waals surface area contributed by atoms with Crippen molar-refractivity contribution in [2.45, 2.75) is 6.92 Å². The van der Waals surface area contributed by atoms with E-state index in [-0.39, 0.29) is 0 Å². The molecule has 0 radical (unpaired) electrons. The summed E-state index contributed by atoms with van der Waals surface area (Å²) in [7, 11) is 0. The molecule has 0 aromatic carbocycles. The summed E-state index contributed by atoms with van der Waals surface area (Å²) in [6, 6.07) is 1.95. The molecule has 0 unspecified atom stereocenters. The first-order chi connectivity index (χ1) is 5.27. The minimum atomic E-state index is 0.960. The summed E-state index contributed by atoms with van der Waals surface area (Å²) in [5.41, 5.74) is 0.960. The third-order valence-corrected chi connectivity index (χ3v) is 2.09. The van der Waals surface area contributed by atoms with Gasteiger partial charge in [-0.2, -0.15) is 0 Å². The number of fused-ring (bicyclic) bond motifs is 1. The van der Waals surface area contributed by atoms with Gasteiger partial charge in [-0.15, -0.1) is 0 Å². The molecule has 0 amide bonds. The standard InChI is InChI=1S/C7H6IN3/c1-5-10-6(8)4-7-9-2-3-11(5)7/h2-4H,1H3. The van der Waals surface area contributed by atoms with Gasteiger partial charge in [0.15, 0.2) is 0 Å². The maximum atomic E-state index is 4.28. The summed E-state index contributed by atoms with van der Waals surface area (Å²) in [4.78, 5) is 8.44. The smallest absolute Gasteiger partial charge is 0.140 e. The maximum Gasteiger partial charge on any atom is 0.140 e. The van der Waals surface area contributed by atoms with Crippen molar-refractivity contribution in [1.29, 1.82) is 0 Å². The summed E-state index contributed by atoms with van der Waals surface area (Å²) in [6.07, 6.45) is 3.69. The third-order valence-electron chi connectivity index (χ3n) is 1.53. The van der Waals surface area contributed by atoms with Crippen LogP contribution < -0.4 is 0 Å². The number of halogens is 1. The van der Waals surface area contributed by atoms with Gasteiger partial charge in [-0.05, 0) is 29.5 Å². The first-order valence-electron chi connectivity index (χ1n) is 3.23. The number of aromatic nitrogens is 3. The quantitative estimate of drug-likeness (QED) is 0.531. The maximum absolute atomic E-state index is 4.28. The largest absolute Gasteiger partial charge is 0.288 e. The van der Waals surface area contributed by atoms with Crippen LogP contribution >= 0.6 is 22.6 Å². The fourth-order valence-electron chi connectivity index (χ4n) is 1.04. The van der Waals surface area contributed by atoms with Gasteiger partial charge in [0.1, 0.15) is 15.2 Å². The van der Waals surface area contributed by atoms with Gasteiger partial charge < -0.3 is 0 Å². The molecular formula is C7H6IN3. The second-order valence-electron chi connectivity index (χ2n) is 2.28. The third kappa shape index (κ3) is 1.11.